The highest BCUT2D eigenvalue weighted by atomic mass is 16.4. The Balaban J connectivity index is 2.67. The molecule has 1 fully saturated rings. The normalized spacial score (nSPS) is 21.4. The van der Waals surface area contributed by atoms with Crippen molar-refractivity contribution < 1.29 is 20.1 Å². The van der Waals surface area contributed by atoms with E-state index in [0.29, 0.717) is 12.8 Å². The molecule has 1 rings (SSSR count). The maximum absolute atomic E-state index is 10.8. The number of aliphatic carboxylic acids is 1. The molecule has 4 nitrogen and oxygen atoms in total. The summed E-state index contributed by atoms with van der Waals surface area (Å²) >= 11 is 0. The summed E-state index contributed by atoms with van der Waals surface area (Å²) in [5.74, 6) is 3.13. The average molecular weight is 579 g/mol. The molecule has 0 amide bonds. The molecule has 1 aliphatic carbocycles. The molecule has 0 saturated heterocycles. The molecule has 1 saturated carbocycles. The van der Waals surface area contributed by atoms with Gasteiger partial charge in [-0.2, -0.15) is 0 Å². The van der Waals surface area contributed by atoms with E-state index in [9.17, 15) is 9.90 Å². The molecule has 0 bridgehead atoms. The molecule has 4 heteroatoms. The standard InChI is InChI=1S/C37H70O4/c1-3-5-7-12-18-24-33-29-32(23-17-8-6-4-2)30-34(25-19-13-11-14-20-26-35(39)31-38)36(33)27-21-15-9-10-16-22-28-37(40)41/h31-34,36,38-39H,3-30H2,1-2H3,(H,40,41). The van der Waals surface area contributed by atoms with Crippen molar-refractivity contribution in [3.8, 4) is 0 Å². The van der Waals surface area contributed by atoms with Crippen molar-refractivity contribution >= 4 is 5.97 Å². The number of unbranched alkanes of at least 4 members (excludes halogenated alkanes) is 16. The third kappa shape index (κ3) is 20.4. The largest absolute Gasteiger partial charge is 0.512 e. The van der Waals surface area contributed by atoms with E-state index < -0.39 is 5.97 Å². The zero-order valence-corrected chi connectivity index (χ0v) is 27.4. The predicted octanol–water partition coefficient (Wildman–Crippen LogP) is 12.5. The molecule has 0 aromatic heterocycles. The Labute approximate surface area is 255 Å². The Hall–Kier alpha value is -1.19. The lowest BCUT2D eigenvalue weighted by Crippen LogP contribution is -2.33. The second kappa shape index (κ2) is 26.4. The highest BCUT2D eigenvalue weighted by Gasteiger charge is 2.36. The van der Waals surface area contributed by atoms with E-state index in [1.165, 1.54) is 141 Å². The van der Waals surface area contributed by atoms with Crippen LogP contribution in [-0.2, 0) is 4.79 Å². The maximum Gasteiger partial charge on any atom is 0.303 e. The number of hydrogen-bond donors (Lipinski definition) is 3. The van der Waals surface area contributed by atoms with Gasteiger partial charge in [0.2, 0.25) is 0 Å². The summed E-state index contributed by atoms with van der Waals surface area (Å²) < 4.78 is 0. The zero-order chi connectivity index (χ0) is 30.0. The first-order chi connectivity index (χ1) is 20.0. The molecule has 0 aromatic carbocycles. The number of carbonyl (C=O) groups is 1. The van der Waals surface area contributed by atoms with Crippen molar-refractivity contribution in [2.24, 2.45) is 23.7 Å². The minimum Gasteiger partial charge on any atom is -0.512 e. The number of aliphatic hydroxyl groups is 2. The van der Waals surface area contributed by atoms with E-state index in [-0.39, 0.29) is 5.76 Å². The van der Waals surface area contributed by atoms with Gasteiger partial charge in [0.15, 0.2) is 0 Å². The van der Waals surface area contributed by atoms with Crippen molar-refractivity contribution in [1.29, 1.82) is 0 Å². The van der Waals surface area contributed by atoms with E-state index in [4.69, 9.17) is 10.2 Å². The van der Waals surface area contributed by atoms with Crippen molar-refractivity contribution in [3.05, 3.63) is 12.0 Å². The lowest BCUT2D eigenvalue weighted by Gasteiger charge is -2.43. The van der Waals surface area contributed by atoms with Gasteiger partial charge in [-0.25, -0.2) is 0 Å². The van der Waals surface area contributed by atoms with Gasteiger partial charge in [0.05, 0.1) is 0 Å². The summed E-state index contributed by atoms with van der Waals surface area (Å²) in [6, 6.07) is 0. The molecule has 0 spiro atoms. The summed E-state index contributed by atoms with van der Waals surface area (Å²) in [6.07, 6.45) is 35.9. The van der Waals surface area contributed by atoms with E-state index >= 15 is 0 Å². The third-order valence-corrected chi connectivity index (χ3v) is 9.96. The van der Waals surface area contributed by atoms with E-state index in [1.807, 2.05) is 0 Å². The minimum atomic E-state index is -0.657. The van der Waals surface area contributed by atoms with Crippen LogP contribution in [0.1, 0.15) is 194 Å². The molecule has 0 radical (unpaired) electrons. The van der Waals surface area contributed by atoms with Crippen molar-refractivity contribution in [2.75, 3.05) is 0 Å². The average Bonchev–Trinajstić information content (AvgIpc) is 2.96. The SMILES string of the molecule is CCCCCCCC1CC(CCCCCC)CC(CCCCCCCC(O)=CO)C1CCCCCCCCC(=O)O. The van der Waals surface area contributed by atoms with Gasteiger partial charge in [-0.05, 0) is 55.8 Å². The summed E-state index contributed by atoms with van der Waals surface area (Å²) in [4.78, 5) is 10.8. The van der Waals surface area contributed by atoms with Crippen LogP contribution >= 0.6 is 0 Å². The third-order valence-electron chi connectivity index (χ3n) is 9.96. The first-order valence-corrected chi connectivity index (χ1v) is 18.3. The fourth-order valence-electron chi connectivity index (χ4n) is 7.60. The number of carboxylic acids is 1. The molecule has 41 heavy (non-hydrogen) atoms. The van der Waals surface area contributed by atoms with E-state index in [2.05, 4.69) is 13.8 Å². The number of aliphatic hydroxyl groups excluding tert-OH is 2. The van der Waals surface area contributed by atoms with Gasteiger partial charge >= 0.3 is 5.97 Å². The minimum absolute atomic E-state index is 0.112. The lowest BCUT2D eigenvalue weighted by atomic mass is 9.62. The van der Waals surface area contributed by atoms with Gasteiger partial charge < -0.3 is 15.3 Å². The summed E-state index contributed by atoms with van der Waals surface area (Å²) in [5, 5.41) is 27.2. The van der Waals surface area contributed by atoms with Gasteiger partial charge in [-0.15, -0.1) is 0 Å². The lowest BCUT2D eigenvalue weighted by molar-refractivity contribution is -0.137. The first kappa shape index (κ1) is 37.8. The van der Waals surface area contributed by atoms with Crippen molar-refractivity contribution in [3.63, 3.8) is 0 Å². The van der Waals surface area contributed by atoms with Crippen LogP contribution in [0.2, 0.25) is 0 Å². The molecule has 4 unspecified atom stereocenters. The zero-order valence-electron chi connectivity index (χ0n) is 27.4. The number of rotatable bonds is 28. The van der Waals surface area contributed by atoms with Crippen LogP contribution in [0.25, 0.3) is 0 Å². The Kier molecular flexibility index (Phi) is 24.4. The van der Waals surface area contributed by atoms with Crippen LogP contribution in [0.15, 0.2) is 12.0 Å². The molecule has 0 heterocycles. The van der Waals surface area contributed by atoms with Gasteiger partial charge in [0, 0.05) is 12.8 Å². The summed E-state index contributed by atoms with van der Waals surface area (Å²) in [5.41, 5.74) is 0. The Morgan fingerprint density at radius 1 is 0.561 bits per heavy atom. The Bertz CT molecular complexity index is 630. The number of allylic oxidation sites excluding steroid dienone is 1. The quantitative estimate of drug-likeness (QED) is 0.0637. The van der Waals surface area contributed by atoms with E-state index in [0.717, 1.165) is 55.6 Å². The molecule has 1 aliphatic rings. The van der Waals surface area contributed by atoms with Crippen LogP contribution in [0.5, 0.6) is 0 Å². The first-order valence-electron chi connectivity index (χ1n) is 18.3. The van der Waals surface area contributed by atoms with Crippen molar-refractivity contribution in [1.82, 2.24) is 0 Å². The molecule has 4 atom stereocenters. The topological polar surface area (TPSA) is 77.8 Å². The highest BCUT2D eigenvalue weighted by molar-refractivity contribution is 5.66. The Morgan fingerprint density at radius 3 is 1.49 bits per heavy atom. The van der Waals surface area contributed by atoms with Gasteiger partial charge in [-0.3, -0.25) is 4.79 Å². The molecule has 0 aliphatic heterocycles. The molecule has 0 aromatic rings. The monoisotopic (exact) mass is 579 g/mol. The van der Waals surface area contributed by atoms with Crippen LogP contribution in [-0.4, -0.2) is 21.3 Å². The van der Waals surface area contributed by atoms with Crippen LogP contribution in [0, 0.1) is 23.7 Å². The number of hydrogen-bond acceptors (Lipinski definition) is 3. The molecular formula is C37H70O4. The molecule has 242 valence electrons. The van der Waals surface area contributed by atoms with Crippen molar-refractivity contribution in [2.45, 2.75) is 194 Å². The van der Waals surface area contributed by atoms with Crippen LogP contribution in [0.3, 0.4) is 0 Å². The summed E-state index contributed by atoms with van der Waals surface area (Å²) in [7, 11) is 0. The van der Waals surface area contributed by atoms with Gasteiger partial charge in [0.1, 0.15) is 12.0 Å². The summed E-state index contributed by atoms with van der Waals surface area (Å²) in [6.45, 7) is 4.63. The Morgan fingerprint density at radius 2 is 0.976 bits per heavy atom. The second-order valence-corrected chi connectivity index (χ2v) is 13.6. The fraction of sp³-hybridized carbons (Fsp3) is 0.919. The highest BCUT2D eigenvalue weighted by Crippen LogP contribution is 2.47. The smallest absolute Gasteiger partial charge is 0.303 e. The second-order valence-electron chi connectivity index (χ2n) is 13.6. The van der Waals surface area contributed by atoms with Crippen LogP contribution < -0.4 is 0 Å². The van der Waals surface area contributed by atoms with Crippen LogP contribution in [0.4, 0.5) is 0 Å². The predicted molar refractivity (Wildman–Crippen MR) is 176 cm³/mol. The maximum atomic E-state index is 10.8. The molecule has 3 N–H and O–H groups in total. The van der Waals surface area contributed by atoms with Gasteiger partial charge in [0.25, 0.3) is 0 Å². The fourth-order valence-corrected chi connectivity index (χ4v) is 7.60. The molecular weight excluding hydrogens is 508 g/mol. The number of carboxylic acid groups (broad SMARTS) is 1. The van der Waals surface area contributed by atoms with E-state index in [1.54, 1.807) is 0 Å². The van der Waals surface area contributed by atoms with Gasteiger partial charge in [-0.1, -0.05) is 149 Å².